The molecule has 1 fully saturated rings. The molecule has 0 saturated heterocycles. The van der Waals surface area contributed by atoms with E-state index in [0.717, 1.165) is 25.7 Å². The van der Waals surface area contributed by atoms with E-state index in [9.17, 15) is 9.59 Å². The lowest BCUT2D eigenvalue weighted by molar-refractivity contribution is -0.131. The van der Waals surface area contributed by atoms with E-state index in [0.29, 0.717) is 17.7 Å². The fraction of sp³-hybridized carbons (Fsp3) is 0.812. The van der Waals surface area contributed by atoms with Crippen LogP contribution >= 0.6 is 11.8 Å². The number of thioether (sulfide) groups is 1. The summed E-state index contributed by atoms with van der Waals surface area (Å²) in [7, 11) is 1.91. The molecule has 1 aromatic rings. The number of nitrogens with zero attached hydrogens (tertiary/aromatic N) is 3. The first-order valence-electron chi connectivity index (χ1n) is 8.63. The molecule has 0 aliphatic heterocycles. The highest BCUT2D eigenvalue weighted by molar-refractivity contribution is 8.00. The van der Waals surface area contributed by atoms with E-state index in [1.165, 1.54) is 31.0 Å². The molecule has 0 aromatic carbocycles. The highest BCUT2D eigenvalue weighted by Crippen LogP contribution is 2.26. The van der Waals surface area contributed by atoms with E-state index in [4.69, 9.17) is 0 Å². The number of aromatic amines is 1. The summed E-state index contributed by atoms with van der Waals surface area (Å²) in [4.78, 5) is 26.4. The lowest BCUT2D eigenvalue weighted by Gasteiger charge is -2.32. The van der Waals surface area contributed by atoms with Crippen LogP contribution in [0.3, 0.4) is 0 Å². The molecule has 0 spiro atoms. The number of carbonyl (C=O) groups is 1. The third-order valence-corrected chi connectivity index (χ3v) is 5.64. The van der Waals surface area contributed by atoms with Crippen LogP contribution in [0.4, 0.5) is 0 Å². The first-order valence-corrected chi connectivity index (χ1v) is 9.51. The largest absolute Gasteiger partial charge is 0.343 e. The number of hydrogen-bond donors (Lipinski definition) is 1. The van der Waals surface area contributed by atoms with Crippen LogP contribution in [0.5, 0.6) is 0 Å². The van der Waals surface area contributed by atoms with Gasteiger partial charge >= 0.3 is 5.69 Å². The summed E-state index contributed by atoms with van der Waals surface area (Å²) < 4.78 is 1.64. The highest BCUT2D eigenvalue weighted by atomic mass is 32.2. The third kappa shape index (κ3) is 4.62. The van der Waals surface area contributed by atoms with Gasteiger partial charge in [0.2, 0.25) is 5.91 Å². The molecule has 1 saturated carbocycles. The standard InChI is InChI=1S/C16H28N4O2S/c1-4-5-11-20-15(22)17-18-16(20)23-12(2)14(21)19(3)13-9-7-6-8-10-13/h12-13H,4-11H2,1-3H3,(H,17,22). The van der Waals surface area contributed by atoms with Gasteiger partial charge in [0.25, 0.3) is 0 Å². The van der Waals surface area contributed by atoms with Gasteiger partial charge in [0.15, 0.2) is 5.16 Å². The average molecular weight is 340 g/mol. The first-order chi connectivity index (χ1) is 11.0. The van der Waals surface area contributed by atoms with Crippen LogP contribution in [0.25, 0.3) is 0 Å². The van der Waals surface area contributed by atoms with Crippen LogP contribution in [-0.2, 0) is 11.3 Å². The second-order valence-corrected chi connectivity index (χ2v) is 7.63. The van der Waals surface area contributed by atoms with E-state index < -0.39 is 0 Å². The van der Waals surface area contributed by atoms with Crippen LogP contribution in [0, 0.1) is 0 Å². The molecule has 6 nitrogen and oxygen atoms in total. The lowest BCUT2D eigenvalue weighted by atomic mass is 9.94. The number of carbonyl (C=O) groups excluding carboxylic acids is 1. The molecule has 1 unspecified atom stereocenters. The number of nitrogens with one attached hydrogen (secondary N) is 1. The van der Waals surface area contributed by atoms with Crippen LogP contribution in [0.2, 0.25) is 0 Å². The SMILES string of the molecule is CCCCn1c(SC(C)C(=O)N(C)C2CCCCC2)n[nH]c1=O. The van der Waals surface area contributed by atoms with E-state index in [1.807, 2.05) is 18.9 Å². The van der Waals surface area contributed by atoms with Crippen LogP contribution in [0.1, 0.15) is 58.8 Å². The first kappa shape index (κ1) is 18.1. The second kappa shape index (κ2) is 8.57. The Hall–Kier alpha value is -1.24. The molecule has 1 heterocycles. The van der Waals surface area contributed by atoms with E-state index >= 15 is 0 Å². The van der Waals surface area contributed by atoms with Crippen molar-refractivity contribution in [2.24, 2.45) is 0 Å². The number of H-pyrrole nitrogens is 1. The maximum Gasteiger partial charge on any atom is 0.343 e. The van der Waals surface area contributed by atoms with E-state index in [-0.39, 0.29) is 16.8 Å². The fourth-order valence-electron chi connectivity index (χ4n) is 3.05. The van der Waals surface area contributed by atoms with Crippen molar-refractivity contribution >= 4 is 17.7 Å². The van der Waals surface area contributed by atoms with Gasteiger partial charge in [0, 0.05) is 19.6 Å². The zero-order valence-corrected chi connectivity index (χ0v) is 15.2. The van der Waals surface area contributed by atoms with Crippen molar-refractivity contribution in [2.45, 2.75) is 81.8 Å². The van der Waals surface area contributed by atoms with E-state index in [1.54, 1.807) is 4.57 Å². The Labute approximate surface area is 142 Å². The minimum atomic E-state index is -0.238. The summed E-state index contributed by atoms with van der Waals surface area (Å²) in [5, 5.41) is 6.95. The van der Waals surface area contributed by atoms with Crippen LogP contribution in [0.15, 0.2) is 9.95 Å². The predicted molar refractivity (Wildman–Crippen MR) is 92.7 cm³/mol. The Kier molecular flexibility index (Phi) is 6.74. The number of aromatic nitrogens is 3. The van der Waals surface area contributed by atoms with Crippen molar-refractivity contribution in [3.63, 3.8) is 0 Å². The molecule has 1 amide bonds. The highest BCUT2D eigenvalue weighted by Gasteiger charge is 2.27. The van der Waals surface area contributed by atoms with Crippen molar-refractivity contribution in [2.75, 3.05) is 7.05 Å². The zero-order chi connectivity index (χ0) is 16.8. The average Bonchev–Trinajstić information content (AvgIpc) is 2.92. The molecule has 1 atom stereocenters. The summed E-state index contributed by atoms with van der Waals surface area (Å²) in [6.07, 6.45) is 7.84. The summed E-state index contributed by atoms with van der Waals surface area (Å²) in [6, 6.07) is 0.362. The Morgan fingerprint density at radius 2 is 2.13 bits per heavy atom. The molecular formula is C16H28N4O2S. The molecule has 0 radical (unpaired) electrons. The lowest BCUT2D eigenvalue weighted by Crippen LogP contribution is -2.42. The van der Waals surface area contributed by atoms with Gasteiger partial charge in [-0.2, -0.15) is 0 Å². The summed E-state index contributed by atoms with van der Waals surface area (Å²) >= 11 is 1.37. The van der Waals surface area contributed by atoms with Crippen molar-refractivity contribution in [1.29, 1.82) is 0 Å². The molecule has 2 rings (SSSR count). The summed E-state index contributed by atoms with van der Waals surface area (Å²) in [6.45, 7) is 4.63. The van der Waals surface area contributed by atoms with E-state index in [2.05, 4.69) is 17.1 Å². The number of hydrogen-bond acceptors (Lipinski definition) is 4. The molecule has 1 aliphatic carbocycles. The Morgan fingerprint density at radius 1 is 1.43 bits per heavy atom. The summed E-state index contributed by atoms with van der Waals surface area (Å²) in [5.74, 6) is 0.124. The maximum atomic E-state index is 12.7. The Bertz CT molecular complexity index is 563. The quantitative estimate of drug-likeness (QED) is 0.775. The van der Waals surface area contributed by atoms with Crippen molar-refractivity contribution in [3.8, 4) is 0 Å². The predicted octanol–water partition coefficient (Wildman–Crippen LogP) is 2.64. The van der Waals surface area contributed by atoms with Gasteiger partial charge < -0.3 is 4.90 Å². The van der Waals surface area contributed by atoms with Gasteiger partial charge in [-0.25, -0.2) is 9.89 Å². The minimum absolute atomic E-state index is 0.124. The minimum Gasteiger partial charge on any atom is -0.342 e. The molecule has 130 valence electrons. The van der Waals surface area contributed by atoms with Gasteiger partial charge in [-0.15, -0.1) is 5.10 Å². The molecule has 23 heavy (non-hydrogen) atoms. The Morgan fingerprint density at radius 3 is 2.78 bits per heavy atom. The molecule has 7 heteroatoms. The normalized spacial score (nSPS) is 17.2. The van der Waals surface area contributed by atoms with Crippen LogP contribution < -0.4 is 5.69 Å². The van der Waals surface area contributed by atoms with Crippen molar-refractivity contribution in [1.82, 2.24) is 19.7 Å². The van der Waals surface area contributed by atoms with Crippen molar-refractivity contribution < 1.29 is 4.79 Å². The molecular weight excluding hydrogens is 312 g/mol. The second-order valence-electron chi connectivity index (χ2n) is 6.32. The zero-order valence-electron chi connectivity index (χ0n) is 14.4. The topological polar surface area (TPSA) is 71.0 Å². The van der Waals surface area contributed by atoms with Gasteiger partial charge in [-0.3, -0.25) is 9.36 Å². The van der Waals surface area contributed by atoms with Gasteiger partial charge in [0.1, 0.15) is 0 Å². The molecule has 1 aliphatic rings. The summed E-state index contributed by atoms with van der Waals surface area (Å²) in [5.41, 5.74) is -0.193. The van der Waals surface area contributed by atoms with Crippen LogP contribution in [-0.4, -0.2) is 43.9 Å². The number of amides is 1. The van der Waals surface area contributed by atoms with Gasteiger partial charge in [-0.05, 0) is 26.2 Å². The monoisotopic (exact) mass is 340 g/mol. The van der Waals surface area contributed by atoms with Crippen molar-refractivity contribution in [3.05, 3.63) is 10.5 Å². The third-order valence-electron chi connectivity index (χ3n) is 4.56. The van der Waals surface area contributed by atoms with Gasteiger partial charge in [-0.1, -0.05) is 44.4 Å². The van der Waals surface area contributed by atoms with Gasteiger partial charge in [0.05, 0.1) is 5.25 Å². The smallest absolute Gasteiger partial charge is 0.342 e. The fourth-order valence-corrected chi connectivity index (χ4v) is 4.03. The maximum absolute atomic E-state index is 12.7. The molecule has 0 bridgehead atoms. The molecule has 1 aromatic heterocycles. The number of unbranched alkanes of at least 4 members (excludes halogenated alkanes) is 1. The Balaban J connectivity index is 1.99. The number of rotatable bonds is 7. The molecule has 1 N–H and O–H groups in total.